The van der Waals surface area contributed by atoms with Gasteiger partial charge in [0.05, 0.1) is 0 Å². The molecular formula is C20H28N8O4. The van der Waals surface area contributed by atoms with Crippen LogP contribution in [0.3, 0.4) is 0 Å². The summed E-state index contributed by atoms with van der Waals surface area (Å²) in [5, 5.41) is 0. The summed E-state index contributed by atoms with van der Waals surface area (Å²) in [5.74, 6) is -1.17. The molecule has 12 heteroatoms. The van der Waals surface area contributed by atoms with Gasteiger partial charge in [0.1, 0.15) is 24.7 Å². The van der Waals surface area contributed by atoms with Crippen LogP contribution >= 0.6 is 0 Å². The lowest BCUT2D eigenvalue weighted by molar-refractivity contribution is -0.143. The molecule has 8 aliphatic rings. The van der Waals surface area contributed by atoms with E-state index in [1.54, 1.807) is 19.6 Å². The Morgan fingerprint density at radius 1 is 0.344 bits per heavy atom. The molecule has 172 valence electrons. The molecule has 8 heterocycles. The van der Waals surface area contributed by atoms with Crippen molar-refractivity contribution in [2.75, 3.05) is 78.5 Å². The highest BCUT2D eigenvalue weighted by molar-refractivity contribution is 6.37. The van der Waals surface area contributed by atoms with Crippen molar-refractivity contribution in [3.05, 3.63) is 0 Å². The fourth-order valence-electron chi connectivity index (χ4n) is 7.07. The van der Waals surface area contributed by atoms with Crippen molar-refractivity contribution < 1.29 is 19.2 Å². The average molecular weight is 444 g/mol. The van der Waals surface area contributed by atoms with Crippen LogP contribution in [0.1, 0.15) is 0 Å². The minimum Gasteiger partial charge on any atom is -0.310 e. The number of amides is 4. The van der Waals surface area contributed by atoms with E-state index in [1.807, 2.05) is 0 Å². The van der Waals surface area contributed by atoms with E-state index in [2.05, 4.69) is 19.6 Å². The summed E-state index contributed by atoms with van der Waals surface area (Å²) >= 11 is 0. The molecule has 0 aliphatic carbocycles. The van der Waals surface area contributed by atoms with E-state index in [0.29, 0.717) is 26.2 Å². The van der Waals surface area contributed by atoms with Crippen LogP contribution in [0.25, 0.3) is 0 Å². The number of hydrogen-bond acceptors (Lipinski definition) is 8. The predicted octanol–water partition coefficient (Wildman–Crippen LogP) is -4.09. The number of hydrogen-bond donors (Lipinski definition) is 0. The largest absolute Gasteiger partial charge is 0.313 e. The van der Waals surface area contributed by atoms with Crippen molar-refractivity contribution in [1.82, 2.24) is 39.2 Å². The first kappa shape index (κ1) is 19.2. The van der Waals surface area contributed by atoms with Crippen LogP contribution in [-0.2, 0) is 19.2 Å². The molecule has 0 radical (unpaired) electrons. The van der Waals surface area contributed by atoms with Gasteiger partial charge in [-0.3, -0.25) is 38.8 Å². The zero-order valence-corrected chi connectivity index (χ0v) is 18.0. The molecule has 32 heavy (non-hydrogen) atoms. The molecule has 0 aromatic heterocycles. The molecule has 4 amide bonds. The number of carbonyl (C=O) groups excluding carboxylic acids is 4. The molecule has 8 rings (SSSR count). The quantitative estimate of drug-likeness (QED) is 0.348. The number of carbonyl (C=O) groups is 4. The Morgan fingerprint density at radius 3 is 0.812 bits per heavy atom. The van der Waals surface area contributed by atoms with Crippen molar-refractivity contribution in [3.8, 4) is 0 Å². The molecule has 0 aromatic carbocycles. The van der Waals surface area contributed by atoms with E-state index in [-0.39, 0.29) is 48.3 Å². The molecule has 8 fully saturated rings. The standard InChI is InChI=1S/2C10H14N4O2/c2*15-9-10(16)14-6-4-12-2-1-11-3-5-13(9)8(14)7(11)12/h2*7-8H,1-6H2. The van der Waals surface area contributed by atoms with E-state index in [0.717, 1.165) is 52.4 Å². The van der Waals surface area contributed by atoms with Gasteiger partial charge >= 0.3 is 23.6 Å². The fraction of sp³-hybridized carbons (Fsp3) is 0.800. The Morgan fingerprint density at radius 2 is 0.562 bits per heavy atom. The van der Waals surface area contributed by atoms with Crippen LogP contribution in [0, 0.1) is 0 Å². The maximum absolute atomic E-state index is 11.8. The number of rotatable bonds is 0. The normalized spacial score (nSPS) is 38.5. The predicted molar refractivity (Wildman–Crippen MR) is 108 cm³/mol. The Labute approximate surface area is 185 Å². The van der Waals surface area contributed by atoms with Crippen LogP contribution < -0.4 is 0 Å². The topological polar surface area (TPSA) is 94.2 Å². The lowest BCUT2D eigenvalue weighted by Gasteiger charge is -2.48. The van der Waals surface area contributed by atoms with Gasteiger partial charge in [0, 0.05) is 78.5 Å². The molecule has 0 N–H and O–H groups in total. The van der Waals surface area contributed by atoms with Crippen molar-refractivity contribution in [3.63, 3.8) is 0 Å². The van der Waals surface area contributed by atoms with Crippen LogP contribution in [0.2, 0.25) is 0 Å². The van der Waals surface area contributed by atoms with E-state index in [4.69, 9.17) is 0 Å². The van der Waals surface area contributed by atoms with Gasteiger partial charge in [-0.2, -0.15) is 0 Å². The summed E-state index contributed by atoms with van der Waals surface area (Å²) in [6.07, 6.45) is 0.505. The maximum atomic E-state index is 11.8. The zero-order chi connectivity index (χ0) is 21.7. The Balaban J connectivity index is 0.000000113. The lowest BCUT2D eigenvalue weighted by Crippen LogP contribution is -2.67. The van der Waals surface area contributed by atoms with E-state index in [1.165, 1.54) is 0 Å². The zero-order valence-electron chi connectivity index (χ0n) is 18.0. The Hall–Kier alpha value is -2.28. The molecule has 0 spiro atoms. The fourth-order valence-corrected chi connectivity index (χ4v) is 7.07. The van der Waals surface area contributed by atoms with Gasteiger partial charge in [-0.25, -0.2) is 0 Å². The van der Waals surface area contributed by atoms with E-state index >= 15 is 0 Å². The van der Waals surface area contributed by atoms with Gasteiger partial charge in [0.2, 0.25) is 0 Å². The first-order chi connectivity index (χ1) is 15.5. The van der Waals surface area contributed by atoms with Crippen molar-refractivity contribution >= 4 is 23.6 Å². The third-order valence-electron chi connectivity index (χ3n) is 8.58. The summed E-state index contributed by atoms with van der Waals surface area (Å²) < 4.78 is 0. The lowest BCUT2D eigenvalue weighted by atomic mass is 10.2. The first-order valence-electron chi connectivity index (χ1n) is 11.7. The van der Waals surface area contributed by atoms with Crippen LogP contribution in [0.4, 0.5) is 0 Å². The van der Waals surface area contributed by atoms with Gasteiger partial charge in [-0.1, -0.05) is 0 Å². The summed E-state index contributed by atoms with van der Waals surface area (Å²) in [5.41, 5.74) is 0. The summed E-state index contributed by atoms with van der Waals surface area (Å²) in [7, 11) is 0. The second kappa shape index (κ2) is 6.62. The van der Waals surface area contributed by atoms with Crippen LogP contribution in [0.5, 0.6) is 0 Å². The minimum absolute atomic E-state index is 0.00926. The van der Waals surface area contributed by atoms with E-state index in [9.17, 15) is 19.2 Å². The van der Waals surface area contributed by atoms with Gasteiger partial charge in [0.15, 0.2) is 0 Å². The Kier molecular flexibility index (Phi) is 3.98. The SMILES string of the molecule is O=C1C(=O)N2CCN3CCN4CCN1C2C43.O=C1C(=O)N2CCN3CCN4CCN1C2C43. The second-order valence-corrected chi connectivity index (χ2v) is 9.79. The molecular weight excluding hydrogens is 416 g/mol. The summed E-state index contributed by atoms with van der Waals surface area (Å²) in [4.78, 5) is 63.9. The van der Waals surface area contributed by atoms with Crippen molar-refractivity contribution in [2.24, 2.45) is 0 Å². The third-order valence-corrected chi connectivity index (χ3v) is 8.58. The molecule has 8 aliphatic heterocycles. The molecule has 0 atom stereocenters. The monoisotopic (exact) mass is 444 g/mol. The van der Waals surface area contributed by atoms with Gasteiger partial charge in [0.25, 0.3) is 0 Å². The molecule has 0 unspecified atom stereocenters. The molecule has 0 bridgehead atoms. The molecule has 8 saturated heterocycles. The second-order valence-electron chi connectivity index (χ2n) is 9.79. The number of piperazine rings is 4. The van der Waals surface area contributed by atoms with Gasteiger partial charge < -0.3 is 19.6 Å². The van der Waals surface area contributed by atoms with Gasteiger partial charge in [-0.15, -0.1) is 0 Å². The van der Waals surface area contributed by atoms with Crippen LogP contribution in [0.15, 0.2) is 0 Å². The third kappa shape index (κ3) is 2.35. The van der Waals surface area contributed by atoms with Crippen molar-refractivity contribution in [2.45, 2.75) is 24.7 Å². The van der Waals surface area contributed by atoms with E-state index < -0.39 is 0 Å². The van der Waals surface area contributed by atoms with Crippen LogP contribution in [-0.4, -0.2) is 166 Å². The summed E-state index contributed by atoms with van der Waals surface area (Å²) in [6, 6.07) is 0. The Bertz CT molecular complexity index is 774. The molecule has 0 saturated carbocycles. The van der Waals surface area contributed by atoms with Gasteiger partial charge in [-0.05, 0) is 0 Å². The highest BCUT2D eigenvalue weighted by Gasteiger charge is 2.58. The smallest absolute Gasteiger partial charge is 0.310 e. The van der Waals surface area contributed by atoms with Crippen molar-refractivity contribution in [1.29, 1.82) is 0 Å². The average Bonchev–Trinajstić information content (AvgIpc) is 3.54. The minimum atomic E-state index is -0.293. The maximum Gasteiger partial charge on any atom is 0.313 e. The molecule has 12 nitrogen and oxygen atoms in total. The first-order valence-corrected chi connectivity index (χ1v) is 11.7. The number of nitrogens with zero attached hydrogens (tertiary/aromatic N) is 8. The highest BCUT2D eigenvalue weighted by atomic mass is 16.2. The molecule has 0 aromatic rings. The highest BCUT2D eigenvalue weighted by Crippen LogP contribution is 2.35. The summed E-state index contributed by atoms with van der Waals surface area (Å²) in [6.45, 7) is 10.7.